The third kappa shape index (κ3) is 3.08. The van der Waals surface area contributed by atoms with Gasteiger partial charge in [-0.2, -0.15) is 0 Å². The van der Waals surface area contributed by atoms with Crippen LogP contribution in [0.2, 0.25) is 0 Å². The zero-order valence-electron chi connectivity index (χ0n) is 14.6. The lowest BCUT2D eigenvalue weighted by molar-refractivity contribution is 0.0595. The second kappa shape index (κ2) is 5.51. The van der Waals surface area contributed by atoms with Gasteiger partial charge in [0.05, 0.1) is 28.0 Å². The van der Waals surface area contributed by atoms with Gasteiger partial charge >= 0.3 is 13.3 Å². The van der Waals surface area contributed by atoms with Crippen LogP contribution in [0.5, 0.6) is 11.6 Å². The van der Waals surface area contributed by atoms with Crippen LogP contribution in [0.25, 0.3) is 0 Å². The minimum Gasteiger partial charge on any atom is -0.510 e. The topological polar surface area (TPSA) is 98.1 Å². The lowest BCUT2D eigenvalue weighted by atomic mass is 10.2. The molecule has 1 aromatic heterocycles. The Kier molecular flexibility index (Phi) is 2.21. The minimum atomic E-state index is -3.09. The maximum absolute atomic E-state index is 11.8. The molecule has 0 amide bonds. The number of methoxy groups -OCH3 is 2. The molecule has 0 aliphatic rings. The van der Waals surface area contributed by atoms with Crippen molar-refractivity contribution >= 4 is 13.3 Å². The van der Waals surface area contributed by atoms with E-state index in [-0.39, 0.29) is 11.4 Å². The van der Waals surface area contributed by atoms with Crippen molar-refractivity contribution in [2.24, 2.45) is 0 Å². The smallest absolute Gasteiger partial charge is 0.510 e. The number of aromatic nitrogens is 1. The van der Waals surface area contributed by atoms with E-state index in [2.05, 4.69) is 19.1 Å². The second-order valence-electron chi connectivity index (χ2n) is 2.86. The summed E-state index contributed by atoms with van der Waals surface area (Å²) in [6.07, 6.45) is 0. The van der Waals surface area contributed by atoms with Crippen LogP contribution in [-0.2, 0) is 4.74 Å². The summed E-state index contributed by atoms with van der Waals surface area (Å²) in [6, 6.07) is 0.830. The van der Waals surface area contributed by atoms with Crippen molar-refractivity contribution in [3.63, 3.8) is 0 Å². The Morgan fingerprint density at radius 3 is 2.88 bits per heavy atom. The largest absolute Gasteiger partial charge is 0.707 e. The molecule has 0 saturated heterocycles. The van der Waals surface area contributed by atoms with Crippen LogP contribution in [0.3, 0.4) is 0 Å². The molecule has 0 aliphatic heterocycles. The molecule has 0 saturated carbocycles. The molecule has 0 atom stereocenters. The van der Waals surface area contributed by atoms with Crippen LogP contribution in [0.15, 0.2) is 6.07 Å². The van der Waals surface area contributed by atoms with Crippen molar-refractivity contribution < 1.29 is 37.2 Å². The maximum atomic E-state index is 11.8. The molecule has 1 aromatic rings. The van der Waals surface area contributed by atoms with E-state index in [9.17, 15) is 4.79 Å². The first-order valence-corrected chi connectivity index (χ1v) is 4.25. The number of esters is 1. The lowest BCUT2D eigenvalue weighted by Crippen LogP contribution is -2.22. The summed E-state index contributed by atoms with van der Waals surface area (Å²) >= 11 is 0. The highest BCUT2D eigenvalue weighted by Crippen LogP contribution is 2.25. The first kappa shape index (κ1) is 6.82. The van der Waals surface area contributed by atoms with Gasteiger partial charge in [-0.25, -0.2) is 9.78 Å². The highest BCUT2D eigenvalue weighted by Gasteiger charge is 2.20. The predicted octanol–water partition coefficient (Wildman–Crippen LogP) is -0.466. The summed E-state index contributed by atoms with van der Waals surface area (Å²) in [5.74, 6) is -2.47. The molecule has 0 aliphatic carbocycles. The summed E-state index contributed by atoms with van der Waals surface area (Å²) in [5.41, 5.74) is -0.707. The SMILES string of the molecule is [2H]C([2H])([2H])OC(=O)c1cc(OB(O)O)c(C)nc1OC([2H])([2H])[2H]. The van der Waals surface area contributed by atoms with Crippen molar-refractivity contribution in [2.75, 3.05) is 14.1 Å². The Balaban J connectivity index is 3.32. The van der Waals surface area contributed by atoms with E-state index in [0.717, 1.165) is 6.07 Å². The van der Waals surface area contributed by atoms with E-state index >= 15 is 0 Å². The number of ether oxygens (including phenoxy) is 2. The Bertz CT molecular complexity index is 589. The molecule has 0 fully saturated rings. The molecule has 0 spiro atoms. The van der Waals surface area contributed by atoms with Crippen molar-refractivity contribution in [3.05, 3.63) is 17.3 Å². The fourth-order valence-corrected chi connectivity index (χ4v) is 1.08. The van der Waals surface area contributed by atoms with Gasteiger partial charge in [0.1, 0.15) is 11.3 Å². The van der Waals surface area contributed by atoms with Crippen LogP contribution in [0, 0.1) is 6.92 Å². The fraction of sp³-hybridized carbons (Fsp3) is 0.333. The fourth-order valence-electron chi connectivity index (χ4n) is 1.08. The average Bonchev–Trinajstić information content (AvgIpc) is 2.27. The van der Waals surface area contributed by atoms with E-state index in [1.54, 1.807) is 0 Å². The van der Waals surface area contributed by atoms with Gasteiger partial charge < -0.3 is 24.2 Å². The number of hydrogen-bond acceptors (Lipinski definition) is 7. The maximum Gasteiger partial charge on any atom is 0.707 e. The molecular weight excluding hydrogens is 229 g/mol. The van der Waals surface area contributed by atoms with Gasteiger partial charge in [0.15, 0.2) is 0 Å². The highest BCUT2D eigenvalue weighted by molar-refractivity contribution is 6.33. The summed E-state index contributed by atoms with van der Waals surface area (Å²) in [6.45, 7) is 1.31. The molecule has 7 nitrogen and oxygen atoms in total. The number of carbonyl (C=O) groups excluding carboxylic acids is 1. The molecule has 2 N–H and O–H groups in total. The quantitative estimate of drug-likeness (QED) is 0.548. The van der Waals surface area contributed by atoms with Crippen LogP contribution in [0.4, 0.5) is 0 Å². The van der Waals surface area contributed by atoms with Crippen LogP contribution in [0.1, 0.15) is 24.3 Å². The van der Waals surface area contributed by atoms with Gasteiger partial charge in [-0.05, 0) is 6.92 Å². The van der Waals surface area contributed by atoms with Crippen molar-refractivity contribution in [1.29, 1.82) is 0 Å². The number of hydrogen-bond donors (Lipinski definition) is 2. The van der Waals surface area contributed by atoms with Crippen LogP contribution >= 0.6 is 0 Å². The summed E-state index contributed by atoms with van der Waals surface area (Å²) in [7, 11) is -8.29. The van der Waals surface area contributed by atoms with E-state index in [0.29, 0.717) is 0 Å². The molecule has 0 bridgehead atoms. The lowest BCUT2D eigenvalue weighted by Gasteiger charge is -2.12. The van der Waals surface area contributed by atoms with Crippen molar-refractivity contribution in [1.82, 2.24) is 4.98 Å². The van der Waals surface area contributed by atoms with Crippen molar-refractivity contribution in [3.8, 4) is 11.6 Å². The van der Waals surface area contributed by atoms with Crippen LogP contribution < -0.4 is 9.39 Å². The summed E-state index contributed by atoms with van der Waals surface area (Å²) in [4.78, 5) is 15.5. The van der Waals surface area contributed by atoms with Gasteiger partial charge in [0.25, 0.3) is 0 Å². The van der Waals surface area contributed by atoms with Gasteiger partial charge in [0, 0.05) is 6.07 Å². The number of pyridine rings is 1. The predicted molar refractivity (Wildman–Crippen MR) is 57.7 cm³/mol. The Hall–Kier alpha value is -1.80. The third-order valence-corrected chi connectivity index (χ3v) is 1.77. The van der Waals surface area contributed by atoms with Gasteiger partial charge in [-0.1, -0.05) is 0 Å². The normalized spacial score (nSPS) is 16.4. The summed E-state index contributed by atoms with van der Waals surface area (Å²) in [5, 5.41) is 17.6. The molecule has 1 rings (SSSR count). The zero-order valence-corrected chi connectivity index (χ0v) is 8.63. The second-order valence-corrected chi connectivity index (χ2v) is 2.86. The monoisotopic (exact) mass is 247 g/mol. The van der Waals surface area contributed by atoms with Gasteiger partial charge in [0.2, 0.25) is 5.88 Å². The van der Waals surface area contributed by atoms with Crippen LogP contribution in [-0.4, -0.2) is 42.4 Å². The molecule has 0 aromatic carbocycles. The van der Waals surface area contributed by atoms with Gasteiger partial charge in [-0.3, -0.25) is 0 Å². The number of carbonyl (C=O) groups is 1. The number of nitrogens with zero attached hydrogens (tertiary/aromatic N) is 1. The molecule has 1 heterocycles. The average molecular weight is 247 g/mol. The molecule has 8 heteroatoms. The van der Waals surface area contributed by atoms with E-state index in [1.165, 1.54) is 6.92 Å². The van der Waals surface area contributed by atoms with Gasteiger partial charge in [-0.15, -0.1) is 0 Å². The van der Waals surface area contributed by atoms with E-state index in [1.807, 2.05) is 0 Å². The number of rotatable bonds is 4. The standard InChI is InChI=1S/C9H12BNO6/c1-5-7(17-10(13)14)4-6(9(12)16-3)8(11-5)15-2/h4,13-14H,1-3H3/i2D3,3D3. The Labute approximate surface area is 107 Å². The zero-order chi connectivity index (χ0) is 18.0. The Morgan fingerprint density at radius 1 is 1.53 bits per heavy atom. The Morgan fingerprint density at radius 2 is 2.29 bits per heavy atom. The third-order valence-electron chi connectivity index (χ3n) is 1.77. The highest BCUT2D eigenvalue weighted by atomic mass is 16.6. The van der Waals surface area contributed by atoms with E-state index < -0.39 is 38.8 Å². The molecular formula is C9H12BNO6. The molecule has 0 radical (unpaired) electrons. The molecule has 17 heavy (non-hydrogen) atoms. The van der Waals surface area contributed by atoms with Crippen molar-refractivity contribution in [2.45, 2.75) is 6.92 Å². The van der Waals surface area contributed by atoms with E-state index in [4.69, 9.17) is 18.3 Å². The first-order valence-electron chi connectivity index (χ1n) is 7.25. The molecule has 92 valence electrons. The number of aryl methyl sites for hydroxylation is 1. The minimum absolute atomic E-state index is 0.0391. The first-order chi connectivity index (χ1) is 10.3. The summed E-state index contributed by atoms with van der Waals surface area (Å²) < 4.78 is 54.9. The molecule has 0 unspecified atom stereocenters.